The van der Waals surface area contributed by atoms with Gasteiger partial charge in [-0.15, -0.1) is 11.3 Å². The third-order valence-electron chi connectivity index (χ3n) is 4.47. The Balaban J connectivity index is 1.38. The maximum absolute atomic E-state index is 13.0. The van der Waals surface area contributed by atoms with Gasteiger partial charge in [0.1, 0.15) is 17.3 Å². The highest BCUT2D eigenvalue weighted by atomic mass is 32.1. The molecule has 4 aromatic rings. The summed E-state index contributed by atoms with van der Waals surface area (Å²) in [6.07, 6.45) is 5.02. The van der Waals surface area contributed by atoms with Crippen molar-refractivity contribution >= 4 is 34.1 Å². The van der Waals surface area contributed by atoms with Crippen molar-refractivity contribution in [3.05, 3.63) is 105 Å². The number of amides is 1. The molecule has 32 heavy (non-hydrogen) atoms. The van der Waals surface area contributed by atoms with E-state index in [1.54, 1.807) is 48.7 Å². The van der Waals surface area contributed by atoms with Crippen LogP contribution < -0.4 is 5.32 Å². The van der Waals surface area contributed by atoms with Gasteiger partial charge in [0, 0.05) is 29.6 Å². The van der Waals surface area contributed by atoms with Gasteiger partial charge in [0.15, 0.2) is 5.13 Å². The number of furan rings is 1. The zero-order valence-electron chi connectivity index (χ0n) is 16.5. The average Bonchev–Trinajstić information content (AvgIpc) is 3.43. The van der Waals surface area contributed by atoms with E-state index in [4.69, 9.17) is 4.42 Å². The van der Waals surface area contributed by atoms with E-state index in [-0.39, 0.29) is 11.5 Å². The van der Waals surface area contributed by atoms with Gasteiger partial charge in [-0.05, 0) is 42.0 Å². The van der Waals surface area contributed by atoms with Gasteiger partial charge in [-0.2, -0.15) is 0 Å². The summed E-state index contributed by atoms with van der Waals surface area (Å²) in [4.78, 5) is 28.0. The van der Waals surface area contributed by atoms with Crippen LogP contribution in [-0.2, 0) is 11.2 Å². The van der Waals surface area contributed by atoms with Gasteiger partial charge in [-0.1, -0.05) is 24.3 Å². The molecule has 1 amide bonds. The molecule has 0 saturated carbocycles. The Morgan fingerprint density at radius 1 is 1.16 bits per heavy atom. The van der Waals surface area contributed by atoms with E-state index in [0.29, 0.717) is 28.6 Å². The highest BCUT2D eigenvalue weighted by molar-refractivity contribution is 7.15. The number of hydrogen-bond donors (Lipinski definition) is 1. The summed E-state index contributed by atoms with van der Waals surface area (Å²) in [5.41, 5.74) is 1.24. The van der Waals surface area contributed by atoms with Crippen LogP contribution in [0.4, 0.5) is 15.2 Å². The number of hydrogen-bond acceptors (Lipinski definition) is 6. The predicted molar refractivity (Wildman–Crippen MR) is 120 cm³/mol. The van der Waals surface area contributed by atoms with E-state index in [9.17, 15) is 19.3 Å². The van der Waals surface area contributed by atoms with Gasteiger partial charge in [0.05, 0.1) is 10.5 Å². The van der Waals surface area contributed by atoms with Gasteiger partial charge in [-0.25, -0.2) is 9.37 Å². The third-order valence-corrected chi connectivity index (χ3v) is 5.38. The second kappa shape index (κ2) is 9.36. The Bertz CT molecular complexity index is 1290. The molecule has 0 spiro atoms. The van der Waals surface area contributed by atoms with Crippen LogP contribution in [0.25, 0.3) is 17.4 Å². The summed E-state index contributed by atoms with van der Waals surface area (Å²) in [5.74, 6) is 0.0342. The minimum Gasteiger partial charge on any atom is -0.456 e. The van der Waals surface area contributed by atoms with Gasteiger partial charge in [0.2, 0.25) is 5.91 Å². The molecule has 0 bridgehead atoms. The van der Waals surface area contributed by atoms with Crippen LogP contribution in [0.2, 0.25) is 0 Å². The molecular formula is C23H16FN3O4S. The lowest BCUT2D eigenvalue weighted by molar-refractivity contribution is -0.384. The van der Waals surface area contributed by atoms with Crippen LogP contribution in [0.3, 0.4) is 0 Å². The van der Waals surface area contributed by atoms with Crippen molar-refractivity contribution in [2.45, 2.75) is 6.42 Å². The number of para-hydroxylation sites is 1. The maximum Gasteiger partial charge on any atom is 0.280 e. The molecule has 160 valence electrons. The number of nitro groups is 1. The van der Waals surface area contributed by atoms with Gasteiger partial charge >= 0.3 is 0 Å². The Hall–Kier alpha value is -4.11. The minimum atomic E-state index is -0.473. The summed E-state index contributed by atoms with van der Waals surface area (Å²) in [7, 11) is 0. The lowest BCUT2D eigenvalue weighted by atomic mass is 10.1. The molecule has 2 aromatic carbocycles. The highest BCUT2D eigenvalue weighted by Crippen LogP contribution is 2.31. The second-order valence-electron chi connectivity index (χ2n) is 6.73. The molecule has 2 aromatic heterocycles. The van der Waals surface area contributed by atoms with Crippen LogP contribution >= 0.6 is 11.3 Å². The molecular weight excluding hydrogens is 433 g/mol. The largest absolute Gasteiger partial charge is 0.456 e. The van der Waals surface area contributed by atoms with E-state index >= 15 is 0 Å². The molecule has 0 radical (unpaired) electrons. The van der Waals surface area contributed by atoms with Crippen molar-refractivity contribution in [3.8, 4) is 11.3 Å². The standard InChI is InChI=1S/C23H16FN3O4S/c24-16-7-5-15(6-8-16)13-18-14-25-23(32-18)26-22(28)12-10-17-9-11-21(31-17)19-3-1-2-4-20(19)27(29)30/h1-12,14H,13H2,(H,25,26,28). The molecule has 9 heteroatoms. The quantitative estimate of drug-likeness (QED) is 0.222. The van der Waals surface area contributed by atoms with Crippen LogP contribution in [0.1, 0.15) is 16.2 Å². The van der Waals surface area contributed by atoms with Gasteiger partial charge < -0.3 is 4.42 Å². The first-order valence-electron chi connectivity index (χ1n) is 9.50. The summed E-state index contributed by atoms with van der Waals surface area (Å²) in [6, 6.07) is 15.7. The topological polar surface area (TPSA) is 98.3 Å². The lowest BCUT2D eigenvalue weighted by Gasteiger charge is -1.99. The second-order valence-corrected chi connectivity index (χ2v) is 7.85. The first-order valence-corrected chi connectivity index (χ1v) is 10.3. The Labute approximate surface area is 186 Å². The first kappa shape index (κ1) is 21.1. The minimum absolute atomic E-state index is 0.0599. The molecule has 0 saturated heterocycles. The Morgan fingerprint density at radius 2 is 1.94 bits per heavy atom. The van der Waals surface area contributed by atoms with Crippen molar-refractivity contribution in [1.29, 1.82) is 0 Å². The van der Waals surface area contributed by atoms with Gasteiger partial charge in [0.25, 0.3) is 5.69 Å². The molecule has 0 aliphatic rings. The molecule has 0 atom stereocenters. The smallest absolute Gasteiger partial charge is 0.280 e. The van der Waals surface area contributed by atoms with Crippen molar-refractivity contribution in [1.82, 2.24) is 4.98 Å². The molecule has 0 unspecified atom stereocenters. The lowest BCUT2D eigenvalue weighted by Crippen LogP contribution is -2.06. The number of nitrogens with one attached hydrogen (secondary N) is 1. The molecule has 1 N–H and O–H groups in total. The zero-order valence-corrected chi connectivity index (χ0v) is 17.3. The maximum atomic E-state index is 13.0. The predicted octanol–water partition coefficient (Wildman–Crippen LogP) is 5.69. The highest BCUT2D eigenvalue weighted by Gasteiger charge is 2.16. The third kappa shape index (κ3) is 5.13. The SMILES string of the molecule is O=C(C=Cc1ccc(-c2ccccc2[N+](=O)[O-])o1)Nc1ncc(Cc2ccc(F)cc2)s1. The van der Waals surface area contributed by atoms with E-state index < -0.39 is 10.8 Å². The van der Waals surface area contributed by atoms with Crippen LogP contribution in [0.5, 0.6) is 0 Å². The number of thiazole rings is 1. The molecule has 0 fully saturated rings. The van der Waals surface area contributed by atoms with Crippen molar-refractivity contribution in [2.24, 2.45) is 0 Å². The monoisotopic (exact) mass is 449 g/mol. The molecule has 2 heterocycles. The van der Waals surface area contributed by atoms with Crippen molar-refractivity contribution < 1.29 is 18.5 Å². The van der Waals surface area contributed by atoms with E-state index in [1.807, 2.05) is 0 Å². The van der Waals surface area contributed by atoms with E-state index in [2.05, 4.69) is 10.3 Å². The van der Waals surface area contributed by atoms with Crippen molar-refractivity contribution in [2.75, 3.05) is 5.32 Å². The Morgan fingerprint density at radius 3 is 2.72 bits per heavy atom. The first-order chi connectivity index (χ1) is 15.5. The number of anilines is 1. The number of aromatic nitrogens is 1. The normalized spacial score (nSPS) is 11.0. The van der Waals surface area contributed by atoms with Gasteiger partial charge in [-0.3, -0.25) is 20.2 Å². The molecule has 0 aliphatic heterocycles. The fourth-order valence-electron chi connectivity index (χ4n) is 2.98. The van der Waals surface area contributed by atoms with Crippen LogP contribution in [0.15, 0.2) is 77.4 Å². The van der Waals surface area contributed by atoms with E-state index in [1.165, 1.54) is 41.7 Å². The molecule has 0 aliphatic carbocycles. The molecule has 4 rings (SSSR count). The number of rotatable bonds is 7. The zero-order chi connectivity index (χ0) is 22.5. The number of carbonyl (C=O) groups is 1. The van der Waals surface area contributed by atoms with Crippen LogP contribution in [0, 0.1) is 15.9 Å². The van der Waals surface area contributed by atoms with Crippen LogP contribution in [-0.4, -0.2) is 15.8 Å². The fraction of sp³-hybridized carbons (Fsp3) is 0.0435. The number of nitrogens with zero attached hydrogens (tertiary/aromatic N) is 2. The van der Waals surface area contributed by atoms with E-state index in [0.717, 1.165) is 10.4 Å². The van der Waals surface area contributed by atoms with Crippen molar-refractivity contribution in [3.63, 3.8) is 0 Å². The fourth-order valence-corrected chi connectivity index (χ4v) is 3.83. The number of halogens is 1. The summed E-state index contributed by atoms with van der Waals surface area (Å²) in [6.45, 7) is 0. The summed E-state index contributed by atoms with van der Waals surface area (Å²) < 4.78 is 18.6. The number of nitro benzene ring substituents is 1. The summed E-state index contributed by atoms with van der Waals surface area (Å²) in [5, 5.41) is 14.3. The number of benzene rings is 2. The average molecular weight is 449 g/mol. The Kier molecular flexibility index (Phi) is 6.18. The molecule has 7 nitrogen and oxygen atoms in total. The summed E-state index contributed by atoms with van der Waals surface area (Å²) >= 11 is 1.33. The number of carbonyl (C=O) groups excluding carboxylic acids is 1.